The van der Waals surface area contributed by atoms with Gasteiger partial charge in [-0.3, -0.25) is 0 Å². The molecule has 0 aromatic carbocycles. The summed E-state index contributed by atoms with van der Waals surface area (Å²) in [5, 5.41) is 17.5. The Bertz CT molecular complexity index is 153. The van der Waals surface area contributed by atoms with Crippen LogP contribution in [0.15, 0.2) is 0 Å². The third-order valence-electron chi connectivity index (χ3n) is 2.30. The number of rotatable bonds is 9. The predicted molar refractivity (Wildman–Crippen MR) is 62.6 cm³/mol. The van der Waals surface area contributed by atoms with E-state index in [1.807, 2.05) is 6.55 Å². The highest BCUT2D eigenvalue weighted by atomic mass is 28.4. The molecule has 0 bridgehead atoms. The van der Waals surface area contributed by atoms with Gasteiger partial charge in [0.15, 0.2) is 0 Å². The third kappa shape index (κ3) is 8.17. The Kier molecular flexibility index (Phi) is 11.6. The van der Waals surface area contributed by atoms with Crippen LogP contribution in [0.3, 0.4) is 0 Å². The first-order valence-electron chi connectivity index (χ1n) is 5.05. The van der Waals surface area contributed by atoms with E-state index in [0.717, 1.165) is 12.5 Å². The monoisotopic (exact) mass is 256 g/mol. The van der Waals surface area contributed by atoms with E-state index in [9.17, 15) is 0 Å². The molecule has 0 aliphatic rings. The van der Waals surface area contributed by atoms with Crippen LogP contribution < -0.4 is 0 Å². The Morgan fingerprint density at radius 3 is 2.25 bits per heavy atom. The average Bonchev–Trinajstić information content (AvgIpc) is 2.27. The largest absolute Gasteiger partial charge is 0.412 e. The number of hydrogen-bond acceptors (Lipinski definition) is 5. The first-order chi connectivity index (χ1) is 7.08. The number of hydrogen-bond donors (Lipinski definition) is 2. The zero-order chi connectivity index (χ0) is 11.7. The van der Waals surface area contributed by atoms with Crippen molar-refractivity contribution in [3.8, 4) is 0 Å². The summed E-state index contributed by atoms with van der Waals surface area (Å²) in [5.74, 6) is 0. The number of aliphatic hydroxyl groups excluding tert-OH is 2. The molecule has 0 rings (SSSR count). The summed E-state index contributed by atoms with van der Waals surface area (Å²) in [7, 11) is 1.34. The molecule has 0 fully saturated rings. The summed E-state index contributed by atoms with van der Waals surface area (Å²) in [4.78, 5) is 0. The molecule has 0 heterocycles. The van der Waals surface area contributed by atoms with Gasteiger partial charge in [-0.2, -0.15) is 0 Å². The topological polar surface area (TPSA) is 99.7 Å². The maximum atomic E-state index is 8.99. The lowest BCUT2D eigenvalue weighted by atomic mass is 10.4. The molecule has 4 N–H and O–H groups in total. The van der Waals surface area contributed by atoms with E-state index in [4.69, 9.17) is 23.8 Å². The molecule has 0 saturated carbocycles. The summed E-state index contributed by atoms with van der Waals surface area (Å²) in [5.41, 5.74) is 0. The lowest BCUT2D eigenvalue weighted by molar-refractivity contribution is 0.00611. The van der Waals surface area contributed by atoms with Crippen molar-refractivity contribution in [2.24, 2.45) is 0 Å². The highest BCUT2D eigenvalue weighted by molar-refractivity contribution is 6.65. The van der Waals surface area contributed by atoms with Crippen molar-refractivity contribution < 1.29 is 29.3 Å². The van der Waals surface area contributed by atoms with Gasteiger partial charge in [0.25, 0.3) is 0 Å². The SMILES string of the molecule is CO[Si](C)(CCCOCC(O)CO)OC.O. The van der Waals surface area contributed by atoms with Gasteiger partial charge >= 0.3 is 8.56 Å². The first kappa shape index (κ1) is 18.3. The minimum atomic E-state index is -1.97. The standard InChI is InChI=1S/C9H22O5Si.H2O/c1-12-15(3,13-2)6-4-5-14-8-9(11)7-10;/h9-11H,4-8H2,1-3H3;1H2. The van der Waals surface area contributed by atoms with Crippen LogP contribution in [-0.2, 0) is 13.6 Å². The fraction of sp³-hybridized carbons (Fsp3) is 1.00. The Labute approximate surface area is 97.7 Å². The van der Waals surface area contributed by atoms with Crippen LogP contribution in [0.5, 0.6) is 0 Å². The molecule has 16 heavy (non-hydrogen) atoms. The molecular formula is C9H24O6Si. The minimum absolute atomic E-state index is 0. The molecule has 0 radical (unpaired) electrons. The zero-order valence-corrected chi connectivity index (χ0v) is 11.2. The van der Waals surface area contributed by atoms with Crippen molar-refractivity contribution in [3.05, 3.63) is 0 Å². The van der Waals surface area contributed by atoms with Gasteiger partial charge in [0, 0.05) is 20.8 Å². The highest BCUT2D eigenvalue weighted by Crippen LogP contribution is 2.13. The molecule has 0 amide bonds. The predicted octanol–water partition coefficient (Wildman–Crippen LogP) is -0.714. The van der Waals surface area contributed by atoms with Crippen LogP contribution in [0, 0.1) is 0 Å². The molecule has 0 aliphatic carbocycles. The van der Waals surface area contributed by atoms with Gasteiger partial charge in [-0.25, -0.2) is 0 Å². The van der Waals surface area contributed by atoms with Gasteiger partial charge in [0.2, 0.25) is 0 Å². The maximum Gasteiger partial charge on any atom is 0.334 e. The van der Waals surface area contributed by atoms with Gasteiger partial charge in [-0.15, -0.1) is 0 Å². The van der Waals surface area contributed by atoms with Gasteiger partial charge in [0.1, 0.15) is 6.10 Å². The molecule has 0 aliphatic heterocycles. The second-order valence-corrected chi connectivity index (χ2v) is 7.14. The van der Waals surface area contributed by atoms with E-state index >= 15 is 0 Å². The lowest BCUT2D eigenvalue weighted by Crippen LogP contribution is -2.36. The Balaban J connectivity index is 0. The molecular weight excluding hydrogens is 232 g/mol. The van der Waals surface area contributed by atoms with E-state index in [-0.39, 0.29) is 18.7 Å². The normalized spacial score (nSPS) is 13.3. The molecule has 0 aromatic rings. The summed E-state index contributed by atoms with van der Waals surface area (Å²) in [6.45, 7) is 2.46. The van der Waals surface area contributed by atoms with Gasteiger partial charge in [-0.05, 0) is 19.0 Å². The van der Waals surface area contributed by atoms with Crippen LogP contribution in [-0.4, -0.2) is 64.4 Å². The fourth-order valence-corrected chi connectivity index (χ4v) is 2.42. The van der Waals surface area contributed by atoms with E-state index < -0.39 is 14.7 Å². The van der Waals surface area contributed by atoms with Crippen molar-refractivity contribution in [1.82, 2.24) is 0 Å². The van der Waals surface area contributed by atoms with E-state index in [2.05, 4.69) is 0 Å². The summed E-state index contributed by atoms with van der Waals surface area (Å²) in [6, 6.07) is 0.856. The molecule has 6 nitrogen and oxygen atoms in total. The van der Waals surface area contributed by atoms with Gasteiger partial charge < -0.3 is 29.3 Å². The van der Waals surface area contributed by atoms with Crippen molar-refractivity contribution in [3.63, 3.8) is 0 Å². The molecule has 100 valence electrons. The number of aliphatic hydroxyl groups is 2. The Hall–Kier alpha value is -0.0231. The molecule has 0 saturated heterocycles. The smallest absolute Gasteiger partial charge is 0.334 e. The Morgan fingerprint density at radius 1 is 1.25 bits per heavy atom. The minimum Gasteiger partial charge on any atom is -0.412 e. The highest BCUT2D eigenvalue weighted by Gasteiger charge is 2.27. The van der Waals surface area contributed by atoms with Gasteiger partial charge in [0.05, 0.1) is 13.2 Å². The average molecular weight is 256 g/mol. The molecule has 1 atom stereocenters. The quantitative estimate of drug-likeness (QED) is 0.419. The van der Waals surface area contributed by atoms with Gasteiger partial charge in [-0.1, -0.05) is 0 Å². The third-order valence-corrected chi connectivity index (χ3v) is 5.29. The molecule has 0 aromatic heterocycles. The van der Waals surface area contributed by atoms with Crippen LogP contribution in [0.25, 0.3) is 0 Å². The molecule has 7 heteroatoms. The van der Waals surface area contributed by atoms with Crippen molar-refractivity contribution >= 4 is 8.56 Å². The second kappa shape index (κ2) is 10.2. The van der Waals surface area contributed by atoms with Crippen LogP contribution >= 0.6 is 0 Å². The Morgan fingerprint density at radius 2 is 1.81 bits per heavy atom. The van der Waals surface area contributed by atoms with Crippen molar-refractivity contribution in [1.29, 1.82) is 0 Å². The maximum absolute atomic E-state index is 8.99. The summed E-state index contributed by atoms with van der Waals surface area (Å²) < 4.78 is 15.8. The van der Waals surface area contributed by atoms with Crippen LogP contribution in [0.1, 0.15) is 6.42 Å². The van der Waals surface area contributed by atoms with Crippen LogP contribution in [0.2, 0.25) is 12.6 Å². The fourth-order valence-electron chi connectivity index (χ4n) is 1.05. The summed E-state index contributed by atoms with van der Waals surface area (Å²) >= 11 is 0. The van der Waals surface area contributed by atoms with E-state index in [1.165, 1.54) is 0 Å². The molecule has 1 unspecified atom stereocenters. The second-order valence-electron chi connectivity index (χ2n) is 3.56. The van der Waals surface area contributed by atoms with Crippen molar-refractivity contribution in [2.45, 2.75) is 25.1 Å². The van der Waals surface area contributed by atoms with Crippen molar-refractivity contribution in [2.75, 3.05) is 34.0 Å². The van der Waals surface area contributed by atoms with E-state index in [0.29, 0.717) is 6.61 Å². The summed E-state index contributed by atoms with van der Waals surface area (Å²) in [6.07, 6.45) is 0.0567. The van der Waals surface area contributed by atoms with Crippen LogP contribution in [0.4, 0.5) is 0 Å². The lowest BCUT2D eigenvalue weighted by Gasteiger charge is -2.22. The van der Waals surface area contributed by atoms with E-state index in [1.54, 1.807) is 14.2 Å². The number of ether oxygens (including phenoxy) is 1. The molecule has 0 spiro atoms. The zero-order valence-electron chi connectivity index (χ0n) is 10.2. The first-order valence-corrected chi connectivity index (χ1v) is 7.57.